The second-order valence-corrected chi connectivity index (χ2v) is 9.50. The van der Waals surface area contributed by atoms with E-state index in [4.69, 9.17) is 19.3 Å². The molecule has 0 heterocycles. The van der Waals surface area contributed by atoms with Gasteiger partial charge in [-0.1, -0.05) is 44.5 Å². The van der Waals surface area contributed by atoms with Crippen molar-refractivity contribution in [1.29, 1.82) is 0 Å². The lowest BCUT2D eigenvalue weighted by Gasteiger charge is -2.10. The number of unbranched alkanes of at least 4 members (excludes halogenated alkanes) is 4. The van der Waals surface area contributed by atoms with E-state index >= 15 is 0 Å². The Balaban J connectivity index is 1.55. The zero-order chi connectivity index (χ0) is 29.6. The number of hydrogen-bond acceptors (Lipinski definition) is 7. The maximum Gasteiger partial charge on any atom is 0.343 e. The Morgan fingerprint density at radius 3 is 2.00 bits per heavy atom. The third kappa shape index (κ3) is 9.79. The highest BCUT2D eigenvalue weighted by Crippen LogP contribution is 2.33. The number of hydrogen-bond donors (Lipinski definition) is 1. The Morgan fingerprint density at radius 2 is 1.41 bits per heavy atom. The van der Waals surface area contributed by atoms with Gasteiger partial charge in [-0.2, -0.15) is 0 Å². The summed E-state index contributed by atoms with van der Waals surface area (Å²) < 4.78 is 16.8. The highest BCUT2D eigenvalue weighted by atomic mass is 16.6. The van der Waals surface area contributed by atoms with E-state index in [0.717, 1.165) is 43.4 Å². The van der Waals surface area contributed by atoms with Crippen molar-refractivity contribution in [3.63, 3.8) is 0 Å². The molecule has 1 N–H and O–H groups in total. The molecule has 9 nitrogen and oxygen atoms in total. The molecule has 0 amide bonds. The average molecular weight is 562 g/mol. The molecule has 216 valence electrons. The zero-order valence-electron chi connectivity index (χ0n) is 23.2. The Kier molecular flexibility index (Phi) is 11.9. The molecule has 0 radical (unpaired) electrons. The van der Waals surface area contributed by atoms with Crippen molar-refractivity contribution in [2.24, 2.45) is 0 Å². The van der Waals surface area contributed by atoms with Crippen molar-refractivity contribution < 1.29 is 33.8 Å². The van der Waals surface area contributed by atoms with Crippen LogP contribution in [0.5, 0.6) is 17.2 Å². The second kappa shape index (κ2) is 15.8. The van der Waals surface area contributed by atoms with Crippen LogP contribution >= 0.6 is 0 Å². The van der Waals surface area contributed by atoms with Crippen molar-refractivity contribution in [2.75, 3.05) is 13.2 Å². The Morgan fingerprint density at radius 1 is 0.829 bits per heavy atom. The number of nitrogens with zero attached hydrogens (tertiary/aromatic N) is 1. The van der Waals surface area contributed by atoms with Gasteiger partial charge in [-0.05, 0) is 85.7 Å². The molecule has 0 saturated heterocycles. The van der Waals surface area contributed by atoms with Gasteiger partial charge in [-0.25, -0.2) is 9.59 Å². The largest absolute Gasteiger partial charge is 0.494 e. The molecule has 0 aliphatic rings. The molecule has 41 heavy (non-hydrogen) atoms. The number of carbonyl (C=O) groups is 2. The van der Waals surface area contributed by atoms with E-state index in [1.807, 2.05) is 24.3 Å². The standard InChI is InChI=1S/C32H35NO8/c1-3-4-7-20-39-27-15-10-24(11-16-27)26-14-19-30(29(22-26)33(37)38)41-32(36)25-12-17-28(18-13-25)40-21-8-5-6-9-23(2)31(34)35/h10-19,22H,2-9,20-21H2,1H3,(H,34,35). The van der Waals surface area contributed by atoms with Crippen LogP contribution in [0.25, 0.3) is 11.1 Å². The first-order valence-corrected chi connectivity index (χ1v) is 13.7. The minimum Gasteiger partial charge on any atom is -0.494 e. The van der Waals surface area contributed by atoms with Gasteiger partial charge >= 0.3 is 17.6 Å². The topological polar surface area (TPSA) is 125 Å². The summed E-state index contributed by atoms with van der Waals surface area (Å²) in [5.74, 6) is -0.553. The number of carbonyl (C=O) groups excluding carboxylic acids is 1. The third-order valence-electron chi connectivity index (χ3n) is 6.35. The quantitative estimate of drug-likeness (QED) is 0.0445. The molecular weight excluding hydrogens is 526 g/mol. The number of carboxylic acids is 1. The molecule has 0 atom stereocenters. The number of nitro groups is 1. The third-order valence-corrected chi connectivity index (χ3v) is 6.35. The molecule has 0 bridgehead atoms. The van der Waals surface area contributed by atoms with Crippen LogP contribution in [0.15, 0.2) is 78.9 Å². The molecule has 0 saturated carbocycles. The lowest BCUT2D eigenvalue weighted by atomic mass is 10.0. The van der Waals surface area contributed by atoms with Crippen molar-refractivity contribution in [3.05, 3.63) is 94.6 Å². The summed E-state index contributed by atoms with van der Waals surface area (Å²) in [6.07, 6.45) is 5.91. The van der Waals surface area contributed by atoms with Crippen LogP contribution < -0.4 is 14.2 Å². The minimum atomic E-state index is -0.976. The van der Waals surface area contributed by atoms with Crippen LogP contribution in [0.3, 0.4) is 0 Å². The normalized spacial score (nSPS) is 10.6. The zero-order valence-corrected chi connectivity index (χ0v) is 23.2. The molecule has 3 aromatic carbocycles. The number of rotatable bonds is 17. The maximum absolute atomic E-state index is 12.7. The van der Waals surface area contributed by atoms with E-state index in [0.29, 0.717) is 37.4 Å². The highest BCUT2D eigenvalue weighted by molar-refractivity contribution is 5.92. The van der Waals surface area contributed by atoms with Crippen LogP contribution in [0, 0.1) is 10.1 Å². The van der Waals surface area contributed by atoms with Crippen molar-refractivity contribution in [3.8, 4) is 28.4 Å². The van der Waals surface area contributed by atoms with Crippen LogP contribution in [-0.4, -0.2) is 35.2 Å². The summed E-state index contributed by atoms with van der Waals surface area (Å²) in [5.41, 5.74) is 1.49. The van der Waals surface area contributed by atoms with Gasteiger partial charge in [0, 0.05) is 11.6 Å². The van der Waals surface area contributed by atoms with Gasteiger partial charge in [0.25, 0.3) is 0 Å². The predicted octanol–water partition coefficient (Wildman–Crippen LogP) is 7.63. The second-order valence-electron chi connectivity index (χ2n) is 9.50. The molecule has 0 unspecified atom stereocenters. The van der Waals surface area contributed by atoms with Crippen LogP contribution in [-0.2, 0) is 4.79 Å². The van der Waals surface area contributed by atoms with Crippen molar-refractivity contribution in [2.45, 2.75) is 51.9 Å². The number of benzene rings is 3. The summed E-state index contributed by atoms with van der Waals surface area (Å²) in [7, 11) is 0. The number of carboxylic acid groups (broad SMARTS) is 1. The maximum atomic E-state index is 12.7. The van der Waals surface area contributed by atoms with Crippen LogP contribution in [0.4, 0.5) is 5.69 Å². The van der Waals surface area contributed by atoms with Gasteiger partial charge in [-0.15, -0.1) is 0 Å². The Bertz CT molecular complexity index is 1330. The van der Waals surface area contributed by atoms with E-state index in [1.54, 1.807) is 18.2 Å². The van der Waals surface area contributed by atoms with Crippen molar-refractivity contribution >= 4 is 17.6 Å². The molecule has 3 aromatic rings. The first-order valence-electron chi connectivity index (χ1n) is 13.7. The fourth-order valence-corrected chi connectivity index (χ4v) is 3.97. The lowest BCUT2D eigenvalue weighted by molar-refractivity contribution is -0.385. The van der Waals surface area contributed by atoms with E-state index in [-0.39, 0.29) is 22.6 Å². The highest BCUT2D eigenvalue weighted by Gasteiger charge is 2.20. The number of esters is 1. The van der Waals surface area contributed by atoms with Gasteiger partial charge < -0.3 is 19.3 Å². The van der Waals surface area contributed by atoms with Crippen LogP contribution in [0.1, 0.15) is 62.2 Å². The smallest absolute Gasteiger partial charge is 0.343 e. The average Bonchev–Trinajstić information content (AvgIpc) is 2.97. The van der Waals surface area contributed by atoms with E-state index in [1.165, 1.54) is 24.3 Å². The summed E-state index contributed by atoms with van der Waals surface area (Å²) in [6.45, 7) is 6.72. The van der Waals surface area contributed by atoms with Crippen LogP contribution in [0.2, 0.25) is 0 Å². The molecule has 0 aromatic heterocycles. The summed E-state index contributed by atoms with van der Waals surface area (Å²) in [4.78, 5) is 34.7. The molecule has 9 heteroatoms. The Labute approximate surface area is 239 Å². The first kappa shape index (κ1) is 30.9. The minimum absolute atomic E-state index is 0.148. The van der Waals surface area contributed by atoms with Gasteiger partial charge in [0.05, 0.1) is 23.7 Å². The van der Waals surface area contributed by atoms with E-state index < -0.39 is 16.9 Å². The van der Waals surface area contributed by atoms with Gasteiger partial charge in [0.15, 0.2) is 0 Å². The number of nitro benzene ring substituents is 1. The first-order chi connectivity index (χ1) is 19.8. The molecule has 0 fully saturated rings. The predicted molar refractivity (Wildman–Crippen MR) is 156 cm³/mol. The SMILES string of the molecule is C=C(CCCCCOc1ccc(C(=O)Oc2ccc(-c3ccc(OCCCCC)cc3)cc2[N+](=O)[O-])cc1)C(=O)O. The fourth-order valence-electron chi connectivity index (χ4n) is 3.97. The number of aliphatic carboxylic acids is 1. The summed E-state index contributed by atoms with van der Waals surface area (Å²) >= 11 is 0. The van der Waals surface area contributed by atoms with E-state index in [2.05, 4.69) is 13.5 Å². The fraction of sp³-hybridized carbons (Fsp3) is 0.312. The summed E-state index contributed by atoms with van der Waals surface area (Å²) in [6, 6.07) is 18.1. The number of ether oxygens (including phenoxy) is 3. The van der Waals surface area contributed by atoms with Gasteiger partial charge in [-0.3, -0.25) is 10.1 Å². The molecule has 0 spiro atoms. The lowest BCUT2D eigenvalue weighted by Crippen LogP contribution is -2.10. The van der Waals surface area contributed by atoms with E-state index in [9.17, 15) is 19.7 Å². The molecule has 0 aliphatic carbocycles. The monoisotopic (exact) mass is 561 g/mol. The van der Waals surface area contributed by atoms with Crippen molar-refractivity contribution in [1.82, 2.24) is 0 Å². The Hall–Kier alpha value is -4.66. The molecule has 3 rings (SSSR count). The summed E-state index contributed by atoms with van der Waals surface area (Å²) in [5, 5.41) is 20.6. The molecular formula is C32H35NO8. The van der Waals surface area contributed by atoms with Gasteiger partial charge in [0.2, 0.25) is 5.75 Å². The van der Waals surface area contributed by atoms with Gasteiger partial charge in [0.1, 0.15) is 11.5 Å². The molecule has 0 aliphatic heterocycles.